The second-order valence-electron chi connectivity index (χ2n) is 10.6. The van der Waals surface area contributed by atoms with Crippen molar-refractivity contribution < 1.29 is 27.2 Å². The quantitative estimate of drug-likeness (QED) is 0.338. The maximum atomic E-state index is 13.1. The minimum absolute atomic E-state index is 0.0491. The maximum absolute atomic E-state index is 13.1. The van der Waals surface area contributed by atoms with Gasteiger partial charge in [0.25, 0.3) is 0 Å². The Kier molecular flexibility index (Phi) is 7.13. The molecule has 10 nitrogen and oxygen atoms in total. The first-order valence-electron chi connectivity index (χ1n) is 13.4. The molecule has 214 valence electrons. The van der Waals surface area contributed by atoms with E-state index < -0.39 is 22.2 Å². The van der Waals surface area contributed by atoms with Crippen molar-refractivity contribution in [3.05, 3.63) is 80.9 Å². The van der Waals surface area contributed by atoms with E-state index in [1.54, 1.807) is 24.3 Å². The van der Waals surface area contributed by atoms with E-state index in [1.165, 1.54) is 4.31 Å². The van der Waals surface area contributed by atoms with Crippen LogP contribution in [0.25, 0.3) is 11.0 Å². The van der Waals surface area contributed by atoms with Gasteiger partial charge in [-0.15, -0.1) is 5.10 Å². The largest absolute Gasteiger partial charge is 0.494 e. The van der Waals surface area contributed by atoms with Crippen LogP contribution < -0.4 is 8.92 Å². The molecule has 4 aromatic rings. The highest BCUT2D eigenvalue weighted by molar-refractivity contribution is 7.84. The third-order valence-electron chi connectivity index (χ3n) is 7.76. The predicted molar refractivity (Wildman–Crippen MR) is 153 cm³/mol. The van der Waals surface area contributed by atoms with Crippen LogP contribution in [0.4, 0.5) is 0 Å². The van der Waals surface area contributed by atoms with Crippen LogP contribution in [0.5, 0.6) is 11.5 Å². The Balaban J connectivity index is 1.50. The summed E-state index contributed by atoms with van der Waals surface area (Å²) in [5.41, 5.74) is 5.94. The molecule has 0 saturated heterocycles. The number of carbonyl (C=O) groups is 1. The highest BCUT2D eigenvalue weighted by Gasteiger charge is 2.33. The van der Waals surface area contributed by atoms with E-state index in [9.17, 15) is 18.3 Å². The molecular formula is C29H29ClN4O6S. The van der Waals surface area contributed by atoms with Crippen molar-refractivity contribution in [3.8, 4) is 11.5 Å². The van der Waals surface area contributed by atoms with Gasteiger partial charge in [0.2, 0.25) is 0 Å². The molecule has 9 bridgehead atoms. The summed E-state index contributed by atoms with van der Waals surface area (Å²) in [6.45, 7) is 4.92. The number of aromatic nitrogens is 3. The first-order chi connectivity index (χ1) is 19.6. The van der Waals surface area contributed by atoms with Gasteiger partial charge in [-0.3, -0.25) is 4.79 Å². The number of benzene rings is 3. The molecule has 1 N–H and O–H groups in total. The zero-order valence-electron chi connectivity index (χ0n) is 22.6. The van der Waals surface area contributed by atoms with Crippen LogP contribution in [0, 0.1) is 13.8 Å². The van der Waals surface area contributed by atoms with E-state index in [0.717, 1.165) is 40.6 Å². The van der Waals surface area contributed by atoms with Gasteiger partial charge in [0.1, 0.15) is 17.0 Å². The summed E-state index contributed by atoms with van der Waals surface area (Å²) < 4.78 is 40.7. The Labute approximate surface area is 242 Å². The average molecular weight is 597 g/mol. The van der Waals surface area contributed by atoms with Gasteiger partial charge in [-0.25, -0.2) is 4.68 Å². The number of fused-ring (bicyclic) bond motifs is 5. The maximum Gasteiger partial charge on any atom is 0.385 e. The molecule has 1 aromatic heterocycles. The number of halogens is 1. The Morgan fingerprint density at radius 3 is 2.71 bits per heavy atom. The number of carboxylic acid groups (broad SMARTS) is 1. The predicted octanol–water partition coefficient (Wildman–Crippen LogP) is 5.12. The topological polar surface area (TPSA) is 124 Å². The summed E-state index contributed by atoms with van der Waals surface area (Å²) in [5.74, 6) is -0.579. The van der Waals surface area contributed by atoms with Crippen LogP contribution in [0.1, 0.15) is 58.6 Å². The van der Waals surface area contributed by atoms with Gasteiger partial charge < -0.3 is 14.0 Å². The molecule has 3 aliphatic heterocycles. The molecule has 2 unspecified atom stereocenters. The van der Waals surface area contributed by atoms with Crippen molar-refractivity contribution in [1.29, 1.82) is 0 Å². The number of rotatable bonds is 2. The third kappa shape index (κ3) is 5.25. The Bertz CT molecular complexity index is 1790. The van der Waals surface area contributed by atoms with E-state index in [4.69, 9.17) is 20.5 Å². The molecule has 4 heterocycles. The van der Waals surface area contributed by atoms with Crippen molar-refractivity contribution in [1.82, 2.24) is 19.3 Å². The lowest BCUT2D eigenvalue weighted by Crippen LogP contribution is -2.37. The lowest BCUT2D eigenvalue weighted by Gasteiger charge is -2.29. The molecular weight excluding hydrogens is 568 g/mol. The fourth-order valence-corrected chi connectivity index (χ4v) is 6.92. The fraction of sp³-hybridized carbons (Fsp3) is 0.345. The first kappa shape index (κ1) is 27.5. The lowest BCUT2D eigenvalue weighted by atomic mass is 9.84. The van der Waals surface area contributed by atoms with Gasteiger partial charge in [-0.05, 0) is 78.8 Å². The van der Waals surface area contributed by atoms with Crippen LogP contribution in [0.2, 0.25) is 5.02 Å². The summed E-state index contributed by atoms with van der Waals surface area (Å²) >= 11 is 6.72. The van der Waals surface area contributed by atoms with E-state index in [2.05, 4.69) is 10.3 Å². The highest BCUT2D eigenvalue weighted by Crippen LogP contribution is 2.38. The van der Waals surface area contributed by atoms with E-state index in [0.29, 0.717) is 40.6 Å². The Hall–Kier alpha value is -3.67. The van der Waals surface area contributed by atoms with Crippen molar-refractivity contribution in [2.24, 2.45) is 0 Å². The van der Waals surface area contributed by atoms with Gasteiger partial charge >= 0.3 is 16.3 Å². The van der Waals surface area contributed by atoms with Crippen molar-refractivity contribution >= 4 is 38.9 Å². The molecule has 0 saturated carbocycles. The zero-order valence-corrected chi connectivity index (χ0v) is 24.2. The van der Waals surface area contributed by atoms with Gasteiger partial charge in [0, 0.05) is 36.1 Å². The molecule has 3 aliphatic rings. The van der Waals surface area contributed by atoms with E-state index in [1.807, 2.05) is 36.7 Å². The molecule has 3 aromatic carbocycles. The van der Waals surface area contributed by atoms with Gasteiger partial charge in [-0.1, -0.05) is 35.0 Å². The van der Waals surface area contributed by atoms with Gasteiger partial charge in [0.15, 0.2) is 0 Å². The lowest BCUT2D eigenvalue weighted by molar-refractivity contribution is -0.137. The molecule has 7 rings (SSSR count). The Morgan fingerprint density at radius 2 is 1.90 bits per heavy atom. The van der Waals surface area contributed by atoms with Crippen LogP contribution in [0.3, 0.4) is 0 Å². The van der Waals surface area contributed by atoms with Crippen LogP contribution in [0.15, 0.2) is 42.5 Å². The van der Waals surface area contributed by atoms with Gasteiger partial charge in [0.05, 0.1) is 18.5 Å². The van der Waals surface area contributed by atoms with Crippen molar-refractivity contribution in [2.45, 2.75) is 58.7 Å². The van der Waals surface area contributed by atoms with Crippen molar-refractivity contribution in [2.75, 3.05) is 6.61 Å². The van der Waals surface area contributed by atoms with Gasteiger partial charge in [-0.2, -0.15) is 12.7 Å². The average Bonchev–Trinajstić information content (AvgIpc) is 3.33. The second kappa shape index (κ2) is 10.6. The van der Waals surface area contributed by atoms with Crippen LogP contribution in [-0.2, 0) is 34.7 Å². The molecule has 0 fully saturated rings. The number of carboxylic acids is 1. The number of ether oxygens (including phenoxy) is 1. The fourth-order valence-electron chi connectivity index (χ4n) is 5.66. The molecule has 41 heavy (non-hydrogen) atoms. The van der Waals surface area contributed by atoms with E-state index >= 15 is 0 Å². The molecule has 2 atom stereocenters. The zero-order chi connectivity index (χ0) is 28.9. The SMILES string of the molecule is Cc1cc2cc(c1Cl)CN1Cc3cc(ccc3OS1(=O)=O)OCCCCn1nnc3c(C)c(ccc31)C2CC(=O)O. The van der Waals surface area contributed by atoms with Crippen LogP contribution in [-0.4, -0.2) is 45.4 Å². The third-order valence-corrected chi connectivity index (χ3v) is 9.58. The second-order valence-corrected chi connectivity index (χ2v) is 12.5. The number of aliphatic carboxylic acids is 1. The monoisotopic (exact) mass is 596 g/mol. The minimum Gasteiger partial charge on any atom is -0.494 e. The van der Waals surface area contributed by atoms with Crippen LogP contribution >= 0.6 is 11.6 Å². The minimum atomic E-state index is -4.10. The number of hydrogen-bond donors (Lipinski definition) is 1. The summed E-state index contributed by atoms with van der Waals surface area (Å²) in [5, 5.41) is 19.1. The summed E-state index contributed by atoms with van der Waals surface area (Å²) in [6.07, 6.45) is 1.43. The number of nitrogens with zero attached hydrogens (tertiary/aromatic N) is 4. The molecule has 0 amide bonds. The highest BCUT2D eigenvalue weighted by atomic mass is 35.5. The standard InChI is InChI=1S/C29H29ClN4O6S/c1-17-11-19-12-21(28(17)30)16-33-15-20-13-22(5-8-26(20)40-41(33,37)38)39-10-4-3-9-34-25-7-6-23(24(19)14-27(35)36)18(2)29(25)31-32-34/h5-8,11-13,24H,3-4,9-10,14-16H2,1-2H3,(H,35,36). The van der Waals surface area contributed by atoms with E-state index in [-0.39, 0.29) is 25.3 Å². The summed E-state index contributed by atoms with van der Waals surface area (Å²) in [7, 11) is -4.10. The molecule has 0 radical (unpaired) electrons. The Morgan fingerprint density at radius 1 is 1.10 bits per heavy atom. The molecule has 0 spiro atoms. The van der Waals surface area contributed by atoms with Crippen molar-refractivity contribution in [3.63, 3.8) is 0 Å². The smallest absolute Gasteiger partial charge is 0.385 e. The number of hydrogen-bond acceptors (Lipinski definition) is 7. The molecule has 12 heteroatoms. The normalized spacial score (nSPS) is 20.1. The first-order valence-corrected chi connectivity index (χ1v) is 15.1. The summed E-state index contributed by atoms with van der Waals surface area (Å²) in [6, 6.07) is 12.6. The molecule has 0 aliphatic carbocycles. The number of aryl methyl sites for hydroxylation is 3. The summed E-state index contributed by atoms with van der Waals surface area (Å²) in [4.78, 5) is 12.1.